The molecule has 2 aromatic rings. The van der Waals surface area contributed by atoms with Gasteiger partial charge in [0, 0.05) is 43.4 Å². The van der Waals surface area contributed by atoms with Gasteiger partial charge in [-0.2, -0.15) is 11.8 Å². The summed E-state index contributed by atoms with van der Waals surface area (Å²) in [5, 5.41) is 5.55. The van der Waals surface area contributed by atoms with E-state index in [9.17, 15) is 9.18 Å². The molecule has 25 heavy (non-hydrogen) atoms. The number of hydrogen-bond acceptors (Lipinski definition) is 3. The Hall–Kier alpha value is -2.21. The van der Waals surface area contributed by atoms with Crippen molar-refractivity contribution < 1.29 is 9.18 Å². The second kappa shape index (κ2) is 8.76. The standard InChI is InChI=1S/C19H22FN3OS/c20-17-3-1-2-16(12-17)14-22-19(24)21-13-15-4-6-18(7-5-15)23-8-10-25-11-9-23/h1-7,12H,8-11,13-14H2,(H2,21,22,24). The highest BCUT2D eigenvalue weighted by Crippen LogP contribution is 2.19. The number of nitrogens with one attached hydrogen (secondary N) is 2. The number of amides is 2. The normalized spacial score (nSPS) is 14.2. The van der Waals surface area contributed by atoms with Crippen LogP contribution in [0.1, 0.15) is 11.1 Å². The van der Waals surface area contributed by atoms with Crippen LogP contribution >= 0.6 is 11.8 Å². The van der Waals surface area contributed by atoms with Gasteiger partial charge in [-0.05, 0) is 35.4 Å². The van der Waals surface area contributed by atoms with Gasteiger partial charge in [0.05, 0.1) is 0 Å². The first-order valence-corrected chi connectivity index (χ1v) is 9.54. The van der Waals surface area contributed by atoms with Crippen molar-refractivity contribution in [3.63, 3.8) is 0 Å². The summed E-state index contributed by atoms with van der Waals surface area (Å²) < 4.78 is 13.1. The number of nitrogens with zero attached hydrogens (tertiary/aromatic N) is 1. The third kappa shape index (κ3) is 5.39. The van der Waals surface area contributed by atoms with Crippen LogP contribution in [-0.2, 0) is 13.1 Å². The monoisotopic (exact) mass is 359 g/mol. The average molecular weight is 359 g/mol. The Labute approximate surface area is 151 Å². The lowest BCUT2D eigenvalue weighted by Crippen LogP contribution is -2.34. The molecule has 0 bridgehead atoms. The molecule has 132 valence electrons. The van der Waals surface area contributed by atoms with Gasteiger partial charge in [0.2, 0.25) is 0 Å². The van der Waals surface area contributed by atoms with Crippen LogP contribution in [-0.4, -0.2) is 30.6 Å². The molecule has 0 unspecified atom stereocenters. The molecule has 0 aliphatic carbocycles. The van der Waals surface area contributed by atoms with Crippen LogP contribution in [0, 0.1) is 5.82 Å². The van der Waals surface area contributed by atoms with E-state index in [0.717, 1.165) is 24.2 Å². The summed E-state index contributed by atoms with van der Waals surface area (Å²) in [6.45, 7) is 2.94. The SMILES string of the molecule is O=C(NCc1ccc(N2CCSCC2)cc1)NCc1cccc(F)c1. The van der Waals surface area contributed by atoms with Crippen molar-refractivity contribution in [2.45, 2.75) is 13.1 Å². The molecule has 0 atom stereocenters. The van der Waals surface area contributed by atoms with Gasteiger partial charge in [0.1, 0.15) is 5.82 Å². The van der Waals surface area contributed by atoms with Crippen LogP contribution in [0.4, 0.5) is 14.9 Å². The topological polar surface area (TPSA) is 44.4 Å². The van der Waals surface area contributed by atoms with Crippen molar-refractivity contribution in [2.75, 3.05) is 29.5 Å². The van der Waals surface area contributed by atoms with Crippen LogP contribution in [0.15, 0.2) is 48.5 Å². The molecule has 1 aliphatic rings. The van der Waals surface area contributed by atoms with Crippen molar-refractivity contribution in [3.8, 4) is 0 Å². The summed E-state index contributed by atoms with van der Waals surface area (Å²) in [5.41, 5.74) is 3.02. The van der Waals surface area contributed by atoms with Gasteiger partial charge in [-0.1, -0.05) is 24.3 Å². The molecule has 3 rings (SSSR count). The van der Waals surface area contributed by atoms with Crippen LogP contribution in [0.25, 0.3) is 0 Å². The van der Waals surface area contributed by atoms with Crippen molar-refractivity contribution in [1.82, 2.24) is 10.6 Å². The van der Waals surface area contributed by atoms with E-state index >= 15 is 0 Å². The maximum absolute atomic E-state index is 13.1. The summed E-state index contributed by atoms with van der Waals surface area (Å²) in [5.74, 6) is 2.05. The third-order valence-electron chi connectivity index (χ3n) is 4.11. The summed E-state index contributed by atoms with van der Waals surface area (Å²) in [6.07, 6.45) is 0. The average Bonchev–Trinajstić information content (AvgIpc) is 2.66. The van der Waals surface area contributed by atoms with E-state index in [1.807, 2.05) is 23.9 Å². The highest BCUT2D eigenvalue weighted by Gasteiger charge is 2.10. The Morgan fingerprint density at radius 2 is 1.68 bits per heavy atom. The Morgan fingerprint density at radius 1 is 1.00 bits per heavy atom. The molecule has 0 spiro atoms. The fourth-order valence-electron chi connectivity index (χ4n) is 2.72. The molecule has 2 aromatic carbocycles. The smallest absolute Gasteiger partial charge is 0.315 e. The van der Waals surface area contributed by atoms with E-state index < -0.39 is 0 Å². The first-order valence-electron chi connectivity index (χ1n) is 8.38. The minimum Gasteiger partial charge on any atom is -0.370 e. The highest BCUT2D eigenvalue weighted by molar-refractivity contribution is 7.99. The fraction of sp³-hybridized carbons (Fsp3) is 0.316. The van der Waals surface area contributed by atoms with E-state index in [1.54, 1.807) is 12.1 Å². The van der Waals surface area contributed by atoms with Gasteiger partial charge in [-0.25, -0.2) is 9.18 Å². The fourth-order valence-corrected chi connectivity index (χ4v) is 3.62. The third-order valence-corrected chi connectivity index (χ3v) is 5.05. The number of halogens is 1. The van der Waals surface area contributed by atoms with Crippen molar-refractivity contribution >= 4 is 23.5 Å². The molecule has 2 amide bonds. The zero-order chi connectivity index (χ0) is 17.5. The van der Waals surface area contributed by atoms with E-state index in [2.05, 4.69) is 27.7 Å². The molecule has 4 nitrogen and oxygen atoms in total. The lowest BCUT2D eigenvalue weighted by Gasteiger charge is -2.28. The Bertz CT molecular complexity index is 702. The number of carbonyl (C=O) groups is 1. The van der Waals surface area contributed by atoms with Crippen LogP contribution in [0.3, 0.4) is 0 Å². The van der Waals surface area contributed by atoms with Crippen LogP contribution in [0.2, 0.25) is 0 Å². The number of urea groups is 1. The zero-order valence-corrected chi connectivity index (χ0v) is 14.8. The molecule has 6 heteroatoms. The lowest BCUT2D eigenvalue weighted by atomic mass is 10.2. The number of benzene rings is 2. The Morgan fingerprint density at radius 3 is 2.36 bits per heavy atom. The highest BCUT2D eigenvalue weighted by atomic mass is 32.2. The number of thioether (sulfide) groups is 1. The minimum absolute atomic E-state index is 0.263. The Balaban J connectivity index is 1.43. The van der Waals surface area contributed by atoms with Gasteiger partial charge < -0.3 is 15.5 Å². The van der Waals surface area contributed by atoms with Crippen molar-refractivity contribution in [3.05, 3.63) is 65.5 Å². The lowest BCUT2D eigenvalue weighted by molar-refractivity contribution is 0.240. The molecule has 0 saturated carbocycles. The van der Waals surface area contributed by atoms with Gasteiger partial charge >= 0.3 is 6.03 Å². The summed E-state index contributed by atoms with van der Waals surface area (Å²) in [6, 6.07) is 14.3. The van der Waals surface area contributed by atoms with E-state index in [4.69, 9.17) is 0 Å². The van der Waals surface area contributed by atoms with Crippen LogP contribution < -0.4 is 15.5 Å². The van der Waals surface area contributed by atoms with Crippen LogP contribution in [0.5, 0.6) is 0 Å². The largest absolute Gasteiger partial charge is 0.370 e. The minimum atomic E-state index is -0.299. The van der Waals surface area contributed by atoms with Gasteiger partial charge in [-0.3, -0.25) is 0 Å². The van der Waals surface area contributed by atoms with E-state index in [0.29, 0.717) is 13.1 Å². The molecular formula is C19H22FN3OS. The van der Waals surface area contributed by atoms with E-state index in [1.165, 1.54) is 29.3 Å². The zero-order valence-electron chi connectivity index (χ0n) is 14.0. The van der Waals surface area contributed by atoms with Crippen molar-refractivity contribution in [2.24, 2.45) is 0 Å². The quantitative estimate of drug-likeness (QED) is 0.860. The first-order chi connectivity index (χ1) is 12.2. The number of carbonyl (C=O) groups excluding carboxylic acids is 1. The Kier molecular flexibility index (Phi) is 6.17. The summed E-state index contributed by atoms with van der Waals surface area (Å²) in [7, 11) is 0. The molecule has 2 N–H and O–H groups in total. The van der Waals surface area contributed by atoms with Gasteiger partial charge in [0.25, 0.3) is 0 Å². The number of hydrogen-bond donors (Lipinski definition) is 2. The molecule has 1 saturated heterocycles. The van der Waals surface area contributed by atoms with E-state index in [-0.39, 0.29) is 11.8 Å². The van der Waals surface area contributed by atoms with Gasteiger partial charge in [0.15, 0.2) is 0 Å². The molecule has 0 radical (unpaired) electrons. The second-order valence-corrected chi connectivity index (χ2v) is 7.16. The number of anilines is 1. The molecule has 1 fully saturated rings. The summed E-state index contributed by atoms with van der Waals surface area (Å²) >= 11 is 1.99. The van der Waals surface area contributed by atoms with Gasteiger partial charge in [-0.15, -0.1) is 0 Å². The predicted octanol–water partition coefficient (Wildman–Crippen LogP) is 3.38. The molecule has 1 heterocycles. The summed E-state index contributed by atoms with van der Waals surface area (Å²) in [4.78, 5) is 14.3. The molecule has 0 aromatic heterocycles. The maximum Gasteiger partial charge on any atom is 0.315 e. The predicted molar refractivity (Wildman–Crippen MR) is 101 cm³/mol. The van der Waals surface area contributed by atoms with Crippen molar-refractivity contribution in [1.29, 1.82) is 0 Å². The molecule has 1 aliphatic heterocycles. The number of rotatable bonds is 5. The first kappa shape index (κ1) is 17.6. The maximum atomic E-state index is 13.1. The molecular weight excluding hydrogens is 337 g/mol. The second-order valence-electron chi connectivity index (χ2n) is 5.93.